The van der Waals surface area contributed by atoms with Gasteiger partial charge in [-0.15, -0.1) is 0 Å². The number of hydrogen-bond donors (Lipinski definition) is 0. The molecule has 0 aromatic rings. The van der Waals surface area contributed by atoms with E-state index in [0.717, 1.165) is 11.8 Å². The Kier molecular flexibility index (Phi) is 16.4. The molecule has 0 saturated heterocycles. The van der Waals surface area contributed by atoms with E-state index in [2.05, 4.69) is 27.7 Å². The summed E-state index contributed by atoms with van der Waals surface area (Å²) >= 11 is 0. The van der Waals surface area contributed by atoms with Crippen LogP contribution >= 0.6 is 0 Å². The maximum absolute atomic E-state index is 2.39. The van der Waals surface area contributed by atoms with Gasteiger partial charge in [-0.1, -0.05) is 124 Å². The van der Waals surface area contributed by atoms with Gasteiger partial charge in [0, 0.05) is 0 Å². The molecule has 0 aliphatic carbocycles. The third kappa shape index (κ3) is 14.7. The average molecular weight is 297 g/mol. The second-order valence-electron chi connectivity index (χ2n) is 7.44. The van der Waals surface area contributed by atoms with E-state index >= 15 is 0 Å². The summed E-state index contributed by atoms with van der Waals surface area (Å²) in [6.45, 7) is 9.42. The topological polar surface area (TPSA) is 0 Å². The van der Waals surface area contributed by atoms with Crippen LogP contribution in [0.15, 0.2) is 0 Å². The van der Waals surface area contributed by atoms with E-state index in [-0.39, 0.29) is 0 Å². The fraction of sp³-hybridized carbons (Fsp3) is 1.00. The van der Waals surface area contributed by atoms with Gasteiger partial charge in [-0.25, -0.2) is 0 Å². The maximum Gasteiger partial charge on any atom is -0.0394 e. The monoisotopic (exact) mass is 296 g/mol. The Morgan fingerprint density at radius 2 is 0.905 bits per heavy atom. The third-order valence-corrected chi connectivity index (χ3v) is 5.15. The average Bonchev–Trinajstić information content (AvgIpc) is 2.47. The fourth-order valence-corrected chi connectivity index (χ4v) is 3.43. The number of hydrogen-bond acceptors (Lipinski definition) is 0. The highest BCUT2D eigenvalue weighted by Crippen LogP contribution is 2.22. The zero-order valence-corrected chi connectivity index (χ0v) is 15.8. The summed E-state index contributed by atoms with van der Waals surface area (Å²) in [4.78, 5) is 0. The van der Waals surface area contributed by atoms with Gasteiger partial charge in [0.25, 0.3) is 0 Å². The normalized spacial score (nSPS) is 13.0. The first-order valence-electron chi connectivity index (χ1n) is 10.2. The number of unbranched alkanes of at least 4 members (excludes halogenated alkanes) is 12. The molecule has 0 amide bonds. The molecule has 0 nitrogen and oxygen atoms in total. The predicted octanol–water partition coefficient (Wildman–Crippen LogP) is 8.15. The maximum atomic E-state index is 2.39. The van der Waals surface area contributed by atoms with Crippen molar-refractivity contribution < 1.29 is 0 Å². The van der Waals surface area contributed by atoms with Crippen LogP contribution in [0.4, 0.5) is 0 Å². The van der Waals surface area contributed by atoms with E-state index in [1.54, 1.807) is 0 Å². The lowest BCUT2D eigenvalue weighted by atomic mass is 9.88. The van der Waals surface area contributed by atoms with E-state index in [9.17, 15) is 0 Å². The van der Waals surface area contributed by atoms with Gasteiger partial charge in [0.2, 0.25) is 0 Å². The molecule has 0 fully saturated rings. The second kappa shape index (κ2) is 16.4. The number of rotatable bonds is 16. The minimum Gasteiger partial charge on any atom is -0.0654 e. The van der Waals surface area contributed by atoms with Gasteiger partial charge in [-0.05, 0) is 11.8 Å². The largest absolute Gasteiger partial charge is 0.0654 e. The van der Waals surface area contributed by atoms with Crippen molar-refractivity contribution in [1.82, 2.24) is 0 Å². The lowest BCUT2D eigenvalue weighted by molar-refractivity contribution is 0.335. The summed E-state index contributed by atoms with van der Waals surface area (Å²) in [5.41, 5.74) is 0. The van der Waals surface area contributed by atoms with Crippen LogP contribution in [0.3, 0.4) is 0 Å². The molecule has 1 atom stereocenters. The zero-order valence-electron chi connectivity index (χ0n) is 15.8. The molecule has 0 aliphatic heterocycles. The molecule has 0 radical (unpaired) electrons. The highest BCUT2D eigenvalue weighted by atomic mass is 14.2. The van der Waals surface area contributed by atoms with Crippen molar-refractivity contribution in [3.8, 4) is 0 Å². The lowest BCUT2D eigenvalue weighted by Gasteiger charge is -2.18. The minimum atomic E-state index is 0.882. The van der Waals surface area contributed by atoms with E-state index in [1.807, 2.05) is 0 Å². The van der Waals surface area contributed by atoms with E-state index in [4.69, 9.17) is 0 Å². The SMILES string of the molecule is CCCCCCCCCCCCCCCC(CC)C(C)C. The highest BCUT2D eigenvalue weighted by molar-refractivity contribution is 4.61. The van der Waals surface area contributed by atoms with E-state index < -0.39 is 0 Å². The highest BCUT2D eigenvalue weighted by Gasteiger charge is 2.09. The molecule has 0 N–H and O–H groups in total. The van der Waals surface area contributed by atoms with Crippen molar-refractivity contribution in [1.29, 1.82) is 0 Å². The van der Waals surface area contributed by atoms with Crippen LogP contribution in [0.5, 0.6) is 0 Å². The summed E-state index contributed by atoms with van der Waals surface area (Å²) < 4.78 is 0. The van der Waals surface area contributed by atoms with Gasteiger partial charge >= 0.3 is 0 Å². The van der Waals surface area contributed by atoms with Crippen LogP contribution < -0.4 is 0 Å². The Labute approximate surface area is 136 Å². The van der Waals surface area contributed by atoms with Crippen molar-refractivity contribution in [3.63, 3.8) is 0 Å². The lowest BCUT2D eigenvalue weighted by Crippen LogP contribution is -2.06. The first-order chi connectivity index (χ1) is 10.2. The molecule has 0 aromatic carbocycles. The summed E-state index contributed by atoms with van der Waals surface area (Å²) in [5, 5.41) is 0. The molecule has 0 spiro atoms. The smallest absolute Gasteiger partial charge is 0.0394 e. The Bertz CT molecular complexity index is 182. The molecular weight excluding hydrogens is 252 g/mol. The second-order valence-corrected chi connectivity index (χ2v) is 7.44. The molecule has 0 heteroatoms. The zero-order chi connectivity index (χ0) is 15.8. The molecule has 0 bridgehead atoms. The van der Waals surface area contributed by atoms with Crippen molar-refractivity contribution in [3.05, 3.63) is 0 Å². The Hall–Kier alpha value is 0. The predicted molar refractivity (Wildman–Crippen MR) is 98.9 cm³/mol. The quantitative estimate of drug-likeness (QED) is 0.252. The molecule has 128 valence electrons. The standard InChI is InChI=1S/C21H44/c1-5-7-8-9-10-11-12-13-14-15-16-17-18-19-21(6-2)20(3)4/h20-21H,5-19H2,1-4H3. The van der Waals surface area contributed by atoms with E-state index in [1.165, 1.54) is 96.3 Å². The first-order valence-corrected chi connectivity index (χ1v) is 10.2. The van der Waals surface area contributed by atoms with Crippen molar-refractivity contribution in [2.75, 3.05) is 0 Å². The van der Waals surface area contributed by atoms with Crippen LogP contribution in [0, 0.1) is 11.8 Å². The van der Waals surface area contributed by atoms with Gasteiger partial charge in [0.15, 0.2) is 0 Å². The van der Waals surface area contributed by atoms with Crippen LogP contribution in [-0.2, 0) is 0 Å². The van der Waals surface area contributed by atoms with Crippen LogP contribution in [0.1, 0.15) is 124 Å². The summed E-state index contributed by atoms with van der Waals surface area (Å²) in [6, 6.07) is 0. The summed E-state index contributed by atoms with van der Waals surface area (Å²) in [6.07, 6.45) is 21.9. The molecule has 1 unspecified atom stereocenters. The molecule has 0 rings (SSSR count). The molecule has 0 heterocycles. The van der Waals surface area contributed by atoms with Crippen LogP contribution in [0.25, 0.3) is 0 Å². The van der Waals surface area contributed by atoms with Gasteiger partial charge < -0.3 is 0 Å². The summed E-state index contributed by atoms with van der Waals surface area (Å²) in [5.74, 6) is 1.85. The van der Waals surface area contributed by atoms with Gasteiger partial charge in [0.1, 0.15) is 0 Å². The Balaban J connectivity index is 3.12. The first kappa shape index (κ1) is 21.0. The molecule has 0 saturated carbocycles. The van der Waals surface area contributed by atoms with Crippen molar-refractivity contribution >= 4 is 0 Å². The molecular formula is C21H44. The third-order valence-electron chi connectivity index (χ3n) is 5.15. The van der Waals surface area contributed by atoms with Crippen LogP contribution in [-0.4, -0.2) is 0 Å². The van der Waals surface area contributed by atoms with E-state index in [0.29, 0.717) is 0 Å². The van der Waals surface area contributed by atoms with Gasteiger partial charge in [0.05, 0.1) is 0 Å². The molecule has 0 aromatic heterocycles. The van der Waals surface area contributed by atoms with Crippen LogP contribution in [0.2, 0.25) is 0 Å². The van der Waals surface area contributed by atoms with Crippen molar-refractivity contribution in [2.24, 2.45) is 11.8 Å². The molecule has 0 aliphatic rings. The summed E-state index contributed by atoms with van der Waals surface area (Å²) in [7, 11) is 0. The van der Waals surface area contributed by atoms with Gasteiger partial charge in [-0.2, -0.15) is 0 Å². The van der Waals surface area contributed by atoms with Crippen molar-refractivity contribution in [2.45, 2.75) is 124 Å². The fourth-order valence-electron chi connectivity index (χ4n) is 3.43. The molecule has 21 heavy (non-hydrogen) atoms. The Morgan fingerprint density at radius 3 is 1.24 bits per heavy atom. The van der Waals surface area contributed by atoms with Gasteiger partial charge in [-0.3, -0.25) is 0 Å². The minimum absolute atomic E-state index is 0.882. The Morgan fingerprint density at radius 1 is 0.524 bits per heavy atom.